The average Bonchev–Trinajstić information content (AvgIpc) is 3.20. The number of aromatic nitrogens is 6. The summed E-state index contributed by atoms with van der Waals surface area (Å²) in [7, 11) is 0. The standard InChI is InChI=1S/C11H8F2N2.C8H4F3N4.Ir/c1-7-4-8(12)5-9(13)11(7)10-2-3-14-6-15-10;9-8(10,11)7-13-6(14-15-7)5-3-1-2-4-12-5;/h2-6H,1H3;1-4H;/q;-1;. The number of halogens is 5. The van der Waals surface area contributed by atoms with Crippen LogP contribution in [0.5, 0.6) is 0 Å². The fourth-order valence-corrected chi connectivity index (χ4v) is 2.43. The number of hydrogen-bond donors (Lipinski definition) is 0. The van der Waals surface area contributed by atoms with Crippen LogP contribution in [0.15, 0.2) is 55.1 Å². The Balaban J connectivity index is 0.000000213. The van der Waals surface area contributed by atoms with Crippen LogP contribution in [0.3, 0.4) is 0 Å². The number of rotatable bonds is 2. The van der Waals surface area contributed by atoms with Gasteiger partial charge in [-0.15, -0.1) is 0 Å². The van der Waals surface area contributed by atoms with Gasteiger partial charge in [0, 0.05) is 44.1 Å². The van der Waals surface area contributed by atoms with E-state index >= 15 is 0 Å². The maximum absolute atomic E-state index is 13.5. The van der Waals surface area contributed by atoms with Gasteiger partial charge in [0.1, 0.15) is 23.8 Å². The summed E-state index contributed by atoms with van der Waals surface area (Å²) >= 11 is 0. The van der Waals surface area contributed by atoms with Crippen molar-refractivity contribution in [2.75, 3.05) is 0 Å². The predicted octanol–water partition coefficient (Wildman–Crippen LogP) is 4.24. The van der Waals surface area contributed by atoms with Crippen molar-refractivity contribution in [3.05, 3.63) is 78.1 Å². The molecule has 1 aromatic carbocycles. The smallest absolute Gasteiger partial charge is 0.413 e. The van der Waals surface area contributed by atoms with Gasteiger partial charge in [0.25, 0.3) is 0 Å². The zero-order valence-electron chi connectivity index (χ0n) is 15.6. The second-order valence-electron chi connectivity index (χ2n) is 5.85. The molecule has 12 heteroatoms. The first-order valence-electron chi connectivity index (χ1n) is 8.33. The molecular weight excluding hydrogens is 599 g/mol. The fourth-order valence-electron chi connectivity index (χ4n) is 2.43. The SMILES string of the molecule is Cc1cc(F)cc(F)c1-c1ccncn1.FC(F)(F)c1n[n-]c(-c2ccccn2)n1.[Ir]. The van der Waals surface area contributed by atoms with Crippen LogP contribution in [-0.2, 0) is 26.3 Å². The Morgan fingerprint density at radius 3 is 2.26 bits per heavy atom. The summed E-state index contributed by atoms with van der Waals surface area (Å²) in [5.74, 6) is -2.56. The van der Waals surface area contributed by atoms with Gasteiger partial charge in [-0.2, -0.15) is 13.2 Å². The summed E-state index contributed by atoms with van der Waals surface area (Å²) < 4.78 is 62.7. The first kappa shape index (κ1) is 24.2. The molecule has 0 bridgehead atoms. The van der Waals surface area contributed by atoms with Crippen molar-refractivity contribution in [2.45, 2.75) is 13.1 Å². The molecule has 163 valence electrons. The third kappa shape index (κ3) is 6.19. The van der Waals surface area contributed by atoms with Gasteiger partial charge in [0.15, 0.2) is 0 Å². The second-order valence-corrected chi connectivity index (χ2v) is 5.85. The molecule has 0 fully saturated rings. The van der Waals surface area contributed by atoms with Crippen LogP contribution in [0, 0.1) is 18.6 Å². The van der Waals surface area contributed by atoms with Crippen LogP contribution in [0.1, 0.15) is 11.4 Å². The van der Waals surface area contributed by atoms with Crippen molar-refractivity contribution in [3.63, 3.8) is 0 Å². The van der Waals surface area contributed by atoms with Crippen molar-refractivity contribution < 1.29 is 42.1 Å². The van der Waals surface area contributed by atoms with Gasteiger partial charge in [0.2, 0.25) is 0 Å². The quantitative estimate of drug-likeness (QED) is 0.316. The van der Waals surface area contributed by atoms with E-state index in [2.05, 4.69) is 30.1 Å². The molecule has 0 spiro atoms. The minimum atomic E-state index is -4.57. The molecule has 0 saturated carbocycles. The van der Waals surface area contributed by atoms with E-state index in [0.29, 0.717) is 16.8 Å². The van der Waals surface area contributed by atoms with Gasteiger partial charge < -0.3 is 10.1 Å². The average molecular weight is 612 g/mol. The maximum atomic E-state index is 13.5. The molecule has 0 aliphatic rings. The van der Waals surface area contributed by atoms with E-state index in [1.54, 1.807) is 25.1 Å². The van der Waals surface area contributed by atoms with E-state index in [9.17, 15) is 22.0 Å². The summed E-state index contributed by atoms with van der Waals surface area (Å²) in [5.41, 5.74) is 1.56. The van der Waals surface area contributed by atoms with Crippen molar-refractivity contribution >= 4 is 0 Å². The molecule has 0 saturated heterocycles. The molecule has 1 radical (unpaired) electrons. The number of pyridine rings is 1. The molecular formula is C19H12F5IrN6-. The number of nitrogens with zero attached hydrogens (tertiary/aromatic N) is 6. The molecule has 0 unspecified atom stereocenters. The summed E-state index contributed by atoms with van der Waals surface area (Å²) in [6.07, 6.45) is -0.277. The molecule has 0 aliphatic carbocycles. The summed E-state index contributed by atoms with van der Waals surface area (Å²) in [6, 6.07) is 8.50. The number of alkyl halides is 3. The Kier molecular flexibility index (Phi) is 8.01. The number of benzene rings is 1. The molecule has 6 nitrogen and oxygen atoms in total. The Morgan fingerprint density at radius 1 is 0.935 bits per heavy atom. The van der Waals surface area contributed by atoms with Crippen LogP contribution in [0.25, 0.3) is 22.8 Å². The fraction of sp³-hybridized carbons (Fsp3) is 0.105. The minimum absolute atomic E-state index is 0. The molecule has 3 heterocycles. The van der Waals surface area contributed by atoms with Crippen LogP contribution >= 0.6 is 0 Å². The van der Waals surface area contributed by atoms with Crippen molar-refractivity contribution in [3.8, 4) is 22.8 Å². The Hall–Kier alpha value is -3.11. The van der Waals surface area contributed by atoms with Gasteiger partial charge in [-0.05, 0) is 42.6 Å². The van der Waals surface area contributed by atoms with Crippen LogP contribution in [0.4, 0.5) is 22.0 Å². The zero-order chi connectivity index (χ0) is 21.7. The topological polar surface area (TPSA) is 78.5 Å². The normalized spacial score (nSPS) is 10.6. The second kappa shape index (κ2) is 10.3. The molecule has 0 N–H and O–H groups in total. The van der Waals surface area contributed by atoms with Crippen molar-refractivity contribution in [2.24, 2.45) is 0 Å². The van der Waals surface area contributed by atoms with Gasteiger partial charge in [-0.3, -0.25) is 10.1 Å². The van der Waals surface area contributed by atoms with Crippen LogP contribution in [-0.4, -0.2) is 25.0 Å². The molecule has 4 rings (SSSR count). The molecule has 0 amide bonds. The van der Waals surface area contributed by atoms with E-state index in [4.69, 9.17) is 0 Å². The molecule has 0 aliphatic heterocycles. The van der Waals surface area contributed by atoms with Gasteiger partial charge in [-0.1, -0.05) is 6.07 Å². The summed E-state index contributed by atoms with van der Waals surface area (Å²) in [4.78, 5) is 14.7. The van der Waals surface area contributed by atoms with Gasteiger partial charge >= 0.3 is 6.18 Å². The van der Waals surface area contributed by atoms with Crippen LogP contribution in [0.2, 0.25) is 0 Å². The summed E-state index contributed by atoms with van der Waals surface area (Å²) in [6.45, 7) is 1.64. The number of aryl methyl sites for hydroxylation is 1. The zero-order valence-corrected chi connectivity index (χ0v) is 18.0. The maximum Gasteiger partial charge on any atom is 0.429 e. The van der Waals surface area contributed by atoms with E-state index < -0.39 is 23.6 Å². The first-order valence-corrected chi connectivity index (χ1v) is 8.33. The first-order chi connectivity index (χ1) is 14.3. The van der Waals surface area contributed by atoms with E-state index in [0.717, 1.165) is 6.07 Å². The minimum Gasteiger partial charge on any atom is -0.413 e. The predicted molar refractivity (Wildman–Crippen MR) is 95.7 cm³/mol. The Labute approximate surface area is 186 Å². The monoisotopic (exact) mass is 612 g/mol. The third-order valence-corrected chi connectivity index (χ3v) is 3.69. The Bertz CT molecular complexity index is 1100. The van der Waals surface area contributed by atoms with Crippen molar-refractivity contribution in [1.29, 1.82) is 0 Å². The molecule has 0 atom stereocenters. The van der Waals surface area contributed by atoms with E-state index in [1.807, 2.05) is 0 Å². The molecule has 31 heavy (non-hydrogen) atoms. The Morgan fingerprint density at radius 2 is 1.71 bits per heavy atom. The van der Waals surface area contributed by atoms with Crippen LogP contribution < -0.4 is 5.10 Å². The van der Waals surface area contributed by atoms with E-state index in [-0.39, 0.29) is 31.6 Å². The largest absolute Gasteiger partial charge is 0.429 e. The van der Waals surface area contributed by atoms with Crippen molar-refractivity contribution in [1.82, 2.24) is 30.1 Å². The third-order valence-electron chi connectivity index (χ3n) is 3.69. The molecule has 4 aromatic rings. The van der Waals surface area contributed by atoms with Gasteiger partial charge in [-0.25, -0.2) is 18.7 Å². The van der Waals surface area contributed by atoms with Gasteiger partial charge in [0.05, 0.1) is 11.4 Å². The number of hydrogen-bond acceptors (Lipinski definition) is 5. The van der Waals surface area contributed by atoms with E-state index in [1.165, 1.54) is 30.9 Å². The summed E-state index contributed by atoms with van der Waals surface area (Å²) in [5, 5.41) is 6.25. The molecule has 3 aromatic heterocycles.